The highest BCUT2D eigenvalue weighted by Crippen LogP contribution is 1.94. The maximum atomic E-state index is 11.0. The van der Waals surface area contributed by atoms with E-state index < -0.39 is 0 Å². The number of guanidine groups is 1. The number of methoxy groups -OCH3 is 1. The molecule has 1 aromatic heterocycles. The second-order valence-corrected chi connectivity index (χ2v) is 3.85. The fraction of sp³-hybridized carbons (Fsp3) is 0.600. The first-order valence-corrected chi connectivity index (χ1v) is 5.76. The minimum Gasteiger partial charge on any atom is -0.468 e. The van der Waals surface area contributed by atoms with Gasteiger partial charge in [-0.15, -0.1) is 29.1 Å². The van der Waals surface area contributed by atoms with Crippen LogP contribution in [0, 0.1) is 0 Å². The van der Waals surface area contributed by atoms with E-state index in [1.54, 1.807) is 6.20 Å². The molecule has 8 nitrogen and oxygen atoms in total. The summed E-state index contributed by atoms with van der Waals surface area (Å²) in [5, 5.41) is 14.1. The molecule has 2 heterocycles. The molecule has 2 rings (SSSR count). The minimum absolute atomic E-state index is 0. The van der Waals surface area contributed by atoms with Crippen LogP contribution in [0.2, 0.25) is 0 Å². The van der Waals surface area contributed by atoms with Gasteiger partial charge in [-0.3, -0.25) is 9.79 Å². The third-order valence-electron chi connectivity index (χ3n) is 2.44. The van der Waals surface area contributed by atoms with Crippen LogP contribution >= 0.6 is 24.0 Å². The number of esters is 1. The molecule has 0 fully saturated rings. The predicted octanol–water partition coefficient (Wildman–Crippen LogP) is -0.492. The Labute approximate surface area is 128 Å². The number of nitrogens with one attached hydrogen (secondary N) is 2. The largest absolute Gasteiger partial charge is 0.468 e. The maximum absolute atomic E-state index is 11.0. The smallest absolute Gasteiger partial charge is 0.327 e. The first-order chi connectivity index (χ1) is 8.78. The lowest BCUT2D eigenvalue weighted by Crippen LogP contribution is -2.40. The van der Waals surface area contributed by atoms with E-state index in [4.69, 9.17) is 0 Å². The predicted molar refractivity (Wildman–Crippen MR) is 79.2 cm³/mol. The summed E-state index contributed by atoms with van der Waals surface area (Å²) in [6.07, 6.45) is 2.76. The summed E-state index contributed by atoms with van der Waals surface area (Å²) in [5.74, 6) is 0.432. The summed E-state index contributed by atoms with van der Waals surface area (Å²) in [4.78, 5) is 15.3. The molecule has 0 atom stereocenters. The normalized spacial score (nSPS) is 13.8. The number of halogens is 1. The van der Waals surface area contributed by atoms with E-state index in [-0.39, 0.29) is 36.5 Å². The van der Waals surface area contributed by atoms with Gasteiger partial charge in [-0.1, -0.05) is 5.21 Å². The van der Waals surface area contributed by atoms with E-state index in [2.05, 4.69) is 30.7 Å². The van der Waals surface area contributed by atoms with E-state index >= 15 is 0 Å². The number of hydrogen-bond acceptors (Lipinski definition) is 7. The molecule has 0 saturated carbocycles. The highest BCUT2D eigenvalue weighted by Gasteiger charge is 2.07. The van der Waals surface area contributed by atoms with Crippen LogP contribution in [-0.4, -0.2) is 47.1 Å². The Kier molecular flexibility index (Phi) is 6.53. The zero-order valence-electron chi connectivity index (χ0n) is 10.6. The molecule has 19 heavy (non-hydrogen) atoms. The van der Waals surface area contributed by atoms with Crippen molar-refractivity contribution < 1.29 is 9.53 Å². The minimum atomic E-state index is -0.349. The molecular formula is C10H17IN6O2. The first-order valence-electron chi connectivity index (χ1n) is 5.76. The van der Waals surface area contributed by atoms with Gasteiger partial charge in [-0.25, -0.2) is 4.68 Å². The highest BCUT2D eigenvalue weighted by molar-refractivity contribution is 14.0. The fourth-order valence-corrected chi connectivity index (χ4v) is 1.52. The van der Waals surface area contributed by atoms with Crippen molar-refractivity contribution >= 4 is 35.9 Å². The second-order valence-electron chi connectivity index (χ2n) is 3.85. The fourth-order valence-electron chi connectivity index (χ4n) is 1.52. The Hall–Kier alpha value is -1.39. The summed E-state index contributed by atoms with van der Waals surface area (Å²) in [6.45, 7) is 2.36. The van der Waals surface area contributed by atoms with Crippen molar-refractivity contribution in [1.29, 1.82) is 0 Å². The summed E-state index contributed by atoms with van der Waals surface area (Å²) < 4.78 is 5.99. The summed E-state index contributed by atoms with van der Waals surface area (Å²) in [5.41, 5.74) is 0.744. The van der Waals surface area contributed by atoms with E-state index in [9.17, 15) is 4.79 Å². The molecule has 0 amide bonds. The van der Waals surface area contributed by atoms with Gasteiger partial charge in [0.15, 0.2) is 5.96 Å². The van der Waals surface area contributed by atoms with Crippen LogP contribution in [0.1, 0.15) is 12.1 Å². The standard InChI is InChI=1S/C10H16N6O2.HI/c1-18-9(17)7-16-6-8(14-15-16)5-13-10-11-3-2-4-12-10;/h6H,2-5,7H2,1H3,(H2,11,12,13);1H. The monoisotopic (exact) mass is 380 g/mol. The third kappa shape index (κ3) is 5.01. The van der Waals surface area contributed by atoms with Crippen molar-refractivity contribution in [1.82, 2.24) is 25.6 Å². The van der Waals surface area contributed by atoms with Crippen LogP contribution in [0.15, 0.2) is 11.2 Å². The Morgan fingerprint density at radius 1 is 1.63 bits per heavy atom. The third-order valence-corrected chi connectivity index (χ3v) is 2.44. The van der Waals surface area contributed by atoms with Gasteiger partial charge >= 0.3 is 5.97 Å². The van der Waals surface area contributed by atoms with E-state index in [0.29, 0.717) is 6.54 Å². The molecular weight excluding hydrogens is 363 g/mol. The van der Waals surface area contributed by atoms with Gasteiger partial charge in [-0.05, 0) is 6.42 Å². The average molecular weight is 380 g/mol. The number of carbonyl (C=O) groups is 1. The van der Waals surface area contributed by atoms with E-state index in [1.807, 2.05) is 0 Å². The SMILES string of the molecule is COC(=O)Cn1cc(CNC2=NCCCN2)nn1.I. The Balaban J connectivity index is 0.00000180. The van der Waals surface area contributed by atoms with Crippen molar-refractivity contribution in [3.05, 3.63) is 11.9 Å². The molecule has 1 aliphatic heterocycles. The molecule has 0 unspecified atom stereocenters. The highest BCUT2D eigenvalue weighted by atomic mass is 127. The molecule has 2 N–H and O–H groups in total. The van der Waals surface area contributed by atoms with Crippen LogP contribution in [0.3, 0.4) is 0 Å². The van der Waals surface area contributed by atoms with Gasteiger partial charge < -0.3 is 15.4 Å². The van der Waals surface area contributed by atoms with Gasteiger partial charge in [0.05, 0.1) is 19.9 Å². The molecule has 0 aromatic carbocycles. The molecule has 0 radical (unpaired) electrons. The maximum Gasteiger partial charge on any atom is 0.327 e. The summed E-state index contributed by atoms with van der Waals surface area (Å²) >= 11 is 0. The quantitative estimate of drug-likeness (QED) is 0.541. The number of ether oxygens (including phenoxy) is 1. The number of aliphatic imine (C=N–C) groups is 1. The van der Waals surface area contributed by atoms with Gasteiger partial charge in [0.1, 0.15) is 12.2 Å². The van der Waals surface area contributed by atoms with Gasteiger partial charge in [-0.2, -0.15) is 0 Å². The van der Waals surface area contributed by atoms with Crippen LogP contribution in [0.4, 0.5) is 0 Å². The van der Waals surface area contributed by atoms with Crippen molar-refractivity contribution in [3.8, 4) is 0 Å². The van der Waals surface area contributed by atoms with Gasteiger partial charge in [0.2, 0.25) is 0 Å². The lowest BCUT2D eigenvalue weighted by molar-refractivity contribution is -0.141. The molecule has 106 valence electrons. The van der Waals surface area contributed by atoms with Crippen LogP contribution in [0.25, 0.3) is 0 Å². The molecule has 9 heteroatoms. The van der Waals surface area contributed by atoms with E-state index in [1.165, 1.54) is 11.8 Å². The lowest BCUT2D eigenvalue weighted by atomic mass is 10.4. The molecule has 0 spiro atoms. The summed E-state index contributed by atoms with van der Waals surface area (Å²) in [7, 11) is 1.34. The summed E-state index contributed by atoms with van der Waals surface area (Å²) in [6, 6.07) is 0. The molecule has 0 saturated heterocycles. The first kappa shape index (κ1) is 15.7. The number of rotatable bonds is 4. The van der Waals surface area contributed by atoms with Crippen molar-refractivity contribution in [2.75, 3.05) is 20.2 Å². The van der Waals surface area contributed by atoms with E-state index in [0.717, 1.165) is 31.2 Å². The number of carbonyl (C=O) groups excluding carboxylic acids is 1. The van der Waals surface area contributed by atoms with Crippen molar-refractivity contribution in [2.24, 2.45) is 4.99 Å². The average Bonchev–Trinajstić information content (AvgIpc) is 2.85. The van der Waals surface area contributed by atoms with Crippen LogP contribution < -0.4 is 10.6 Å². The molecule has 1 aromatic rings. The number of aromatic nitrogens is 3. The Bertz CT molecular complexity index is 447. The zero-order chi connectivity index (χ0) is 12.8. The molecule has 1 aliphatic rings. The molecule has 0 aliphatic carbocycles. The van der Waals surface area contributed by atoms with Crippen molar-refractivity contribution in [2.45, 2.75) is 19.5 Å². The van der Waals surface area contributed by atoms with Crippen LogP contribution in [-0.2, 0) is 22.6 Å². The topological polar surface area (TPSA) is 93.4 Å². The van der Waals surface area contributed by atoms with Gasteiger partial charge in [0.25, 0.3) is 0 Å². The zero-order valence-corrected chi connectivity index (χ0v) is 13.0. The number of nitrogens with zero attached hydrogens (tertiary/aromatic N) is 4. The van der Waals surface area contributed by atoms with Gasteiger partial charge in [0, 0.05) is 13.1 Å². The lowest BCUT2D eigenvalue weighted by Gasteiger charge is -2.14. The van der Waals surface area contributed by atoms with Crippen LogP contribution in [0.5, 0.6) is 0 Å². The van der Waals surface area contributed by atoms with Crippen molar-refractivity contribution in [3.63, 3.8) is 0 Å². The Morgan fingerprint density at radius 3 is 3.16 bits per heavy atom. The second kappa shape index (κ2) is 7.92. The Morgan fingerprint density at radius 2 is 2.47 bits per heavy atom. The number of hydrogen-bond donors (Lipinski definition) is 2. The molecule has 0 bridgehead atoms.